The third-order valence-electron chi connectivity index (χ3n) is 6.83. The number of aromatic nitrogens is 1. The van der Waals surface area contributed by atoms with Crippen molar-refractivity contribution in [2.75, 3.05) is 13.7 Å². The van der Waals surface area contributed by atoms with Crippen molar-refractivity contribution in [3.8, 4) is 11.5 Å². The van der Waals surface area contributed by atoms with E-state index in [2.05, 4.69) is 43.0 Å². The molecule has 2 aliphatic rings. The van der Waals surface area contributed by atoms with Gasteiger partial charge in [0.1, 0.15) is 18.1 Å². The molecule has 0 radical (unpaired) electrons. The fourth-order valence-electron chi connectivity index (χ4n) is 5.11. The molecule has 0 N–H and O–H groups in total. The molecule has 1 aliphatic heterocycles. The molecule has 0 spiro atoms. The van der Waals surface area contributed by atoms with Crippen molar-refractivity contribution in [3.63, 3.8) is 0 Å². The third-order valence-corrected chi connectivity index (χ3v) is 7.81. The number of fused-ring (bicyclic) bond motifs is 3. The molecule has 6 rings (SSSR count). The monoisotopic (exact) mass is 506 g/mol. The van der Waals surface area contributed by atoms with Crippen molar-refractivity contribution in [1.82, 2.24) is 4.57 Å². The van der Waals surface area contributed by atoms with Crippen LogP contribution >= 0.6 is 11.3 Å². The maximum atomic E-state index is 13.9. The van der Waals surface area contributed by atoms with Gasteiger partial charge < -0.3 is 9.47 Å². The van der Waals surface area contributed by atoms with Gasteiger partial charge in [0.2, 0.25) is 0 Å². The SMILES string of the molecule is C=CCOc1cccc(/C=c2/sc3n(c2=O)[C@H](c2ccc(OC)cc2)C2=C(N=3)c3ccccc3CC2)c1. The van der Waals surface area contributed by atoms with Crippen LogP contribution in [0.25, 0.3) is 11.8 Å². The summed E-state index contributed by atoms with van der Waals surface area (Å²) in [6, 6.07) is 24.0. The molecule has 6 heteroatoms. The number of allylic oxidation sites excluding steroid dienone is 1. The number of nitrogens with zero attached hydrogens (tertiary/aromatic N) is 2. The molecule has 184 valence electrons. The van der Waals surface area contributed by atoms with Gasteiger partial charge in [-0.05, 0) is 65.4 Å². The topological polar surface area (TPSA) is 52.8 Å². The fourth-order valence-corrected chi connectivity index (χ4v) is 6.11. The molecule has 0 unspecified atom stereocenters. The van der Waals surface area contributed by atoms with E-state index in [0.29, 0.717) is 15.9 Å². The number of thiazole rings is 1. The van der Waals surface area contributed by atoms with Crippen LogP contribution in [-0.2, 0) is 6.42 Å². The molecule has 0 amide bonds. The average Bonchev–Trinajstić information content (AvgIpc) is 3.25. The van der Waals surface area contributed by atoms with Crippen molar-refractivity contribution in [2.45, 2.75) is 18.9 Å². The van der Waals surface area contributed by atoms with Gasteiger partial charge in [-0.25, -0.2) is 4.99 Å². The summed E-state index contributed by atoms with van der Waals surface area (Å²) in [5.74, 6) is 1.53. The lowest BCUT2D eigenvalue weighted by Crippen LogP contribution is -2.38. The van der Waals surface area contributed by atoms with Crippen molar-refractivity contribution in [3.05, 3.63) is 133 Å². The summed E-state index contributed by atoms with van der Waals surface area (Å²) in [5.41, 5.74) is 6.56. The van der Waals surface area contributed by atoms with Crippen LogP contribution in [0.15, 0.2) is 101 Å². The van der Waals surface area contributed by atoms with Gasteiger partial charge in [0, 0.05) is 5.56 Å². The van der Waals surface area contributed by atoms with E-state index in [1.165, 1.54) is 22.5 Å². The zero-order valence-electron chi connectivity index (χ0n) is 20.5. The van der Waals surface area contributed by atoms with Gasteiger partial charge in [-0.3, -0.25) is 9.36 Å². The molecule has 1 aromatic heterocycles. The van der Waals surface area contributed by atoms with E-state index in [1.807, 2.05) is 47.0 Å². The molecule has 1 aliphatic carbocycles. The van der Waals surface area contributed by atoms with Crippen molar-refractivity contribution < 1.29 is 9.47 Å². The third kappa shape index (κ3) is 4.23. The molecule has 5 nitrogen and oxygen atoms in total. The average molecular weight is 507 g/mol. The summed E-state index contributed by atoms with van der Waals surface area (Å²) < 4.78 is 13.6. The summed E-state index contributed by atoms with van der Waals surface area (Å²) in [6.07, 6.45) is 5.42. The second-order valence-corrected chi connectivity index (χ2v) is 10.1. The lowest BCUT2D eigenvalue weighted by Gasteiger charge is -2.30. The van der Waals surface area contributed by atoms with E-state index in [0.717, 1.165) is 46.7 Å². The minimum absolute atomic E-state index is 0.0348. The summed E-state index contributed by atoms with van der Waals surface area (Å²) in [6.45, 7) is 4.14. The first-order chi connectivity index (χ1) is 18.2. The van der Waals surface area contributed by atoms with Gasteiger partial charge >= 0.3 is 0 Å². The molecule has 3 aromatic carbocycles. The van der Waals surface area contributed by atoms with Crippen LogP contribution in [0.3, 0.4) is 0 Å². The van der Waals surface area contributed by atoms with Crippen molar-refractivity contribution >= 4 is 23.1 Å². The molecule has 0 saturated heterocycles. The Balaban J connectivity index is 1.54. The van der Waals surface area contributed by atoms with E-state index in [1.54, 1.807) is 13.2 Å². The maximum absolute atomic E-state index is 13.9. The second-order valence-electron chi connectivity index (χ2n) is 9.06. The minimum Gasteiger partial charge on any atom is -0.497 e. The van der Waals surface area contributed by atoms with Crippen LogP contribution in [0.1, 0.15) is 34.7 Å². The number of benzene rings is 3. The Labute approximate surface area is 219 Å². The molecule has 4 aromatic rings. The molecular formula is C31H26N2O3S. The highest BCUT2D eigenvalue weighted by atomic mass is 32.1. The maximum Gasteiger partial charge on any atom is 0.271 e. The first kappa shape index (κ1) is 23.3. The zero-order valence-corrected chi connectivity index (χ0v) is 21.3. The predicted octanol–water partition coefficient (Wildman–Crippen LogP) is 4.89. The molecule has 0 fully saturated rings. The number of hydrogen-bond acceptors (Lipinski definition) is 5. The van der Waals surface area contributed by atoms with Gasteiger partial charge in [0.05, 0.1) is 23.4 Å². The Morgan fingerprint density at radius 1 is 1.05 bits per heavy atom. The standard InChI is InChI=1S/C31H26N2O3S/c1-3-17-36-24-9-6-7-20(18-24)19-27-30(34)33-29(22-11-14-23(35-2)15-12-22)26-16-13-21-8-4-5-10-25(21)28(26)32-31(33)37-27/h3-12,14-15,18-19,29H,1,13,16-17H2,2H3/b27-19+/t29-/m1/s1. The summed E-state index contributed by atoms with van der Waals surface area (Å²) in [4.78, 5) is 19.7. The molecular weight excluding hydrogens is 480 g/mol. The van der Waals surface area contributed by atoms with E-state index in [4.69, 9.17) is 14.5 Å². The molecule has 0 saturated carbocycles. The van der Waals surface area contributed by atoms with Crippen LogP contribution in [-0.4, -0.2) is 18.3 Å². The number of hydrogen-bond donors (Lipinski definition) is 0. The van der Waals surface area contributed by atoms with E-state index in [9.17, 15) is 4.79 Å². The first-order valence-electron chi connectivity index (χ1n) is 12.3. The van der Waals surface area contributed by atoms with Crippen LogP contribution in [0, 0.1) is 0 Å². The van der Waals surface area contributed by atoms with Crippen LogP contribution < -0.4 is 24.4 Å². The number of rotatable bonds is 6. The van der Waals surface area contributed by atoms with Gasteiger partial charge in [0.25, 0.3) is 5.56 Å². The van der Waals surface area contributed by atoms with Crippen LogP contribution in [0.5, 0.6) is 11.5 Å². The minimum atomic E-state index is -0.213. The normalized spacial score (nSPS) is 16.4. The Bertz CT molecular complexity index is 1710. The quantitative estimate of drug-likeness (QED) is 0.350. The van der Waals surface area contributed by atoms with E-state index in [-0.39, 0.29) is 11.6 Å². The van der Waals surface area contributed by atoms with E-state index < -0.39 is 0 Å². The fraction of sp³-hybridized carbons (Fsp3) is 0.161. The molecule has 2 heterocycles. The van der Waals surface area contributed by atoms with Crippen molar-refractivity contribution in [2.24, 2.45) is 4.99 Å². The van der Waals surface area contributed by atoms with Crippen LogP contribution in [0.2, 0.25) is 0 Å². The summed E-state index contributed by atoms with van der Waals surface area (Å²) in [7, 11) is 1.66. The second kappa shape index (κ2) is 9.71. The van der Waals surface area contributed by atoms with Gasteiger partial charge in [-0.15, -0.1) is 0 Å². The van der Waals surface area contributed by atoms with Gasteiger partial charge in [-0.1, -0.05) is 72.5 Å². The molecule has 0 bridgehead atoms. The highest BCUT2D eigenvalue weighted by molar-refractivity contribution is 7.07. The number of methoxy groups -OCH3 is 1. The Kier molecular flexibility index (Phi) is 6.10. The lowest BCUT2D eigenvalue weighted by atomic mass is 9.83. The van der Waals surface area contributed by atoms with Gasteiger partial charge in [-0.2, -0.15) is 0 Å². The number of aryl methyl sites for hydroxylation is 1. The van der Waals surface area contributed by atoms with Crippen LogP contribution in [0.4, 0.5) is 0 Å². The van der Waals surface area contributed by atoms with Crippen molar-refractivity contribution in [1.29, 1.82) is 0 Å². The Hall–Kier alpha value is -4.16. The summed E-state index contributed by atoms with van der Waals surface area (Å²) in [5, 5.41) is 0. The predicted molar refractivity (Wildman–Crippen MR) is 148 cm³/mol. The Morgan fingerprint density at radius 2 is 1.89 bits per heavy atom. The molecule has 1 atom stereocenters. The largest absolute Gasteiger partial charge is 0.497 e. The van der Waals surface area contributed by atoms with E-state index >= 15 is 0 Å². The highest BCUT2D eigenvalue weighted by Gasteiger charge is 2.32. The highest BCUT2D eigenvalue weighted by Crippen LogP contribution is 2.41. The summed E-state index contributed by atoms with van der Waals surface area (Å²) >= 11 is 1.43. The zero-order chi connectivity index (χ0) is 25.4. The lowest BCUT2D eigenvalue weighted by molar-refractivity contribution is 0.363. The first-order valence-corrected chi connectivity index (χ1v) is 13.1. The Morgan fingerprint density at radius 3 is 2.70 bits per heavy atom. The number of ether oxygens (including phenoxy) is 2. The van der Waals surface area contributed by atoms with Gasteiger partial charge in [0.15, 0.2) is 4.80 Å². The molecule has 37 heavy (non-hydrogen) atoms. The smallest absolute Gasteiger partial charge is 0.271 e.